The Morgan fingerprint density at radius 1 is 1.04 bits per heavy atom. The molecule has 0 bridgehead atoms. The van der Waals surface area contributed by atoms with Gasteiger partial charge in [0.25, 0.3) is 5.91 Å². The quantitative estimate of drug-likeness (QED) is 0.653. The summed E-state index contributed by atoms with van der Waals surface area (Å²) in [5, 5.41) is 6.62. The third kappa shape index (κ3) is 4.80. The maximum absolute atomic E-state index is 12.7. The maximum atomic E-state index is 12.7. The van der Waals surface area contributed by atoms with Gasteiger partial charge in [-0.15, -0.1) is 0 Å². The lowest BCUT2D eigenvalue weighted by Crippen LogP contribution is -2.26. The molecule has 4 nitrogen and oxygen atoms in total. The molecule has 132 valence electrons. The van der Waals surface area contributed by atoms with E-state index in [2.05, 4.69) is 5.32 Å². The van der Waals surface area contributed by atoms with E-state index in [4.69, 9.17) is 4.74 Å². The molecule has 5 heteroatoms. The first kappa shape index (κ1) is 17.9. The highest BCUT2D eigenvalue weighted by Gasteiger charge is 2.25. The number of aryl methyl sites for hydroxylation is 1. The lowest BCUT2D eigenvalue weighted by Gasteiger charge is -2.18. The number of amides is 1. The van der Waals surface area contributed by atoms with E-state index in [-0.39, 0.29) is 12.3 Å². The molecule has 2 aromatic carbocycles. The third-order valence-corrected chi connectivity index (χ3v) is 4.57. The van der Waals surface area contributed by atoms with Crippen LogP contribution in [0.5, 0.6) is 0 Å². The fourth-order valence-corrected chi connectivity index (χ4v) is 3.15. The number of hydrogen-bond donors (Lipinski definition) is 1. The average molecular weight is 365 g/mol. The number of carbonyl (C=O) groups is 2. The van der Waals surface area contributed by atoms with Crippen molar-refractivity contribution in [1.82, 2.24) is 0 Å². The number of rotatable bonds is 6. The van der Waals surface area contributed by atoms with E-state index in [9.17, 15) is 9.59 Å². The summed E-state index contributed by atoms with van der Waals surface area (Å²) in [6.45, 7) is 1.98. The van der Waals surface area contributed by atoms with Gasteiger partial charge in [-0.2, -0.15) is 11.3 Å². The first-order valence-electron chi connectivity index (χ1n) is 8.25. The number of benzene rings is 2. The normalized spacial score (nSPS) is 11.6. The molecule has 0 unspecified atom stereocenters. The first-order valence-corrected chi connectivity index (χ1v) is 9.19. The van der Waals surface area contributed by atoms with Crippen molar-refractivity contribution in [2.24, 2.45) is 0 Å². The molecule has 0 aliphatic rings. The van der Waals surface area contributed by atoms with Gasteiger partial charge in [-0.05, 0) is 41.4 Å². The van der Waals surface area contributed by atoms with Crippen molar-refractivity contribution >= 4 is 28.9 Å². The van der Waals surface area contributed by atoms with Crippen LogP contribution in [0.1, 0.15) is 22.8 Å². The highest BCUT2D eigenvalue weighted by atomic mass is 32.1. The molecule has 3 rings (SSSR count). The van der Waals surface area contributed by atoms with Gasteiger partial charge >= 0.3 is 5.97 Å². The average Bonchev–Trinajstić information content (AvgIpc) is 3.15. The Hall–Kier alpha value is -2.92. The third-order valence-electron chi connectivity index (χ3n) is 3.84. The van der Waals surface area contributed by atoms with Gasteiger partial charge in [0.2, 0.25) is 6.10 Å². The number of anilines is 1. The van der Waals surface area contributed by atoms with E-state index < -0.39 is 12.1 Å². The van der Waals surface area contributed by atoms with Crippen LogP contribution in [0.2, 0.25) is 0 Å². The summed E-state index contributed by atoms with van der Waals surface area (Å²) in [5.74, 6) is -0.810. The van der Waals surface area contributed by atoms with E-state index >= 15 is 0 Å². The molecule has 0 fully saturated rings. The Balaban J connectivity index is 1.75. The summed E-state index contributed by atoms with van der Waals surface area (Å²) in [5.41, 5.74) is 3.28. The van der Waals surface area contributed by atoms with Crippen molar-refractivity contribution in [2.45, 2.75) is 19.4 Å². The summed E-state index contributed by atoms with van der Waals surface area (Å²) < 4.78 is 5.52. The second-order valence-electron chi connectivity index (χ2n) is 5.94. The molecule has 1 heterocycles. The van der Waals surface area contributed by atoms with Crippen molar-refractivity contribution in [2.75, 3.05) is 5.32 Å². The molecule has 1 atom stereocenters. The summed E-state index contributed by atoms with van der Waals surface area (Å²) in [6.07, 6.45) is -0.853. The summed E-state index contributed by atoms with van der Waals surface area (Å²) in [6, 6.07) is 18.4. The fraction of sp³-hybridized carbons (Fsp3) is 0.143. The smallest absolute Gasteiger partial charge is 0.311 e. The molecule has 1 N–H and O–H groups in total. The van der Waals surface area contributed by atoms with Crippen molar-refractivity contribution in [3.05, 3.63) is 88.1 Å². The van der Waals surface area contributed by atoms with Gasteiger partial charge in [-0.25, -0.2) is 0 Å². The number of ether oxygens (including phenoxy) is 1. The summed E-state index contributed by atoms with van der Waals surface area (Å²) in [7, 11) is 0. The predicted molar refractivity (Wildman–Crippen MR) is 103 cm³/mol. The Labute approximate surface area is 156 Å². The van der Waals surface area contributed by atoms with Gasteiger partial charge in [0.05, 0.1) is 6.42 Å². The number of esters is 1. The molecule has 0 saturated heterocycles. The molecule has 1 amide bonds. The largest absolute Gasteiger partial charge is 0.447 e. The van der Waals surface area contributed by atoms with Crippen molar-refractivity contribution in [3.8, 4) is 0 Å². The zero-order valence-corrected chi connectivity index (χ0v) is 15.2. The zero-order chi connectivity index (χ0) is 18.4. The summed E-state index contributed by atoms with van der Waals surface area (Å²) in [4.78, 5) is 25.0. The van der Waals surface area contributed by atoms with Crippen LogP contribution >= 0.6 is 11.3 Å². The van der Waals surface area contributed by atoms with Gasteiger partial charge in [0.15, 0.2) is 0 Å². The van der Waals surface area contributed by atoms with Gasteiger partial charge in [0, 0.05) is 11.3 Å². The van der Waals surface area contributed by atoms with E-state index in [1.54, 1.807) is 12.1 Å². The maximum Gasteiger partial charge on any atom is 0.311 e. The second-order valence-corrected chi connectivity index (χ2v) is 6.72. The Kier molecular flexibility index (Phi) is 5.81. The van der Waals surface area contributed by atoms with E-state index in [0.29, 0.717) is 11.3 Å². The van der Waals surface area contributed by atoms with Crippen LogP contribution in [0.3, 0.4) is 0 Å². The van der Waals surface area contributed by atoms with Gasteiger partial charge < -0.3 is 10.1 Å². The van der Waals surface area contributed by atoms with E-state index in [0.717, 1.165) is 11.1 Å². The van der Waals surface area contributed by atoms with Crippen LogP contribution in [0.4, 0.5) is 5.69 Å². The van der Waals surface area contributed by atoms with Crippen LogP contribution in [0.15, 0.2) is 71.4 Å². The molecule has 3 aromatic rings. The molecule has 0 saturated carbocycles. The Bertz CT molecular complexity index is 858. The molecular weight excluding hydrogens is 346 g/mol. The number of hydrogen-bond acceptors (Lipinski definition) is 4. The SMILES string of the molecule is Cc1ccc(NC(=O)[C@H](OC(=O)Cc2ccsc2)c2ccccc2)cc1. The first-order chi connectivity index (χ1) is 12.6. The molecule has 1 aromatic heterocycles. The number of nitrogens with one attached hydrogen (secondary N) is 1. The molecule has 0 aliphatic carbocycles. The van der Waals surface area contributed by atoms with Crippen LogP contribution in [0.25, 0.3) is 0 Å². The van der Waals surface area contributed by atoms with Crippen molar-refractivity contribution < 1.29 is 14.3 Å². The van der Waals surface area contributed by atoms with E-state index in [1.807, 2.05) is 66.2 Å². The molecule has 0 spiro atoms. The van der Waals surface area contributed by atoms with Gasteiger partial charge in [-0.1, -0.05) is 48.0 Å². The standard InChI is InChI=1S/C21H19NO3S/c1-15-7-9-18(10-8-15)22-21(24)20(17-5-3-2-4-6-17)25-19(23)13-16-11-12-26-14-16/h2-12,14,20H,13H2,1H3,(H,22,24)/t20-/m1/s1. The molecular formula is C21H19NO3S. The monoisotopic (exact) mass is 365 g/mol. The highest BCUT2D eigenvalue weighted by molar-refractivity contribution is 7.08. The van der Waals surface area contributed by atoms with Crippen molar-refractivity contribution in [1.29, 1.82) is 0 Å². The predicted octanol–water partition coefficient (Wildman–Crippen LogP) is 4.52. The van der Waals surface area contributed by atoms with Crippen LogP contribution in [-0.2, 0) is 20.7 Å². The molecule has 0 aliphatic heterocycles. The fourth-order valence-electron chi connectivity index (χ4n) is 2.48. The Morgan fingerprint density at radius 3 is 2.42 bits per heavy atom. The number of thiophene rings is 1. The molecule has 0 radical (unpaired) electrons. The summed E-state index contributed by atoms with van der Waals surface area (Å²) >= 11 is 1.52. The van der Waals surface area contributed by atoms with Crippen molar-refractivity contribution in [3.63, 3.8) is 0 Å². The van der Waals surface area contributed by atoms with Gasteiger partial charge in [0.1, 0.15) is 0 Å². The molecule has 26 heavy (non-hydrogen) atoms. The minimum absolute atomic E-state index is 0.143. The highest BCUT2D eigenvalue weighted by Crippen LogP contribution is 2.21. The topological polar surface area (TPSA) is 55.4 Å². The minimum Gasteiger partial charge on any atom is -0.447 e. The Morgan fingerprint density at radius 2 is 1.77 bits per heavy atom. The van der Waals surface area contributed by atoms with Crippen LogP contribution in [-0.4, -0.2) is 11.9 Å². The van der Waals surface area contributed by atoms with Crippen LogP contribution < -0.4 is 5.32 Å². The van der Waals surface area contributed by atoms with Gasteiger partial charge in [-0.3, -0.25) is 9.59 Å². The lowest BCUT2D eigenvalue weighted by atomic mass is 10.1. The lowest BCUT2D eigenvalue weighted by molar-refractivity contribution is -0.154. The van der Waals surface area contributed by atoms with Crippen LogP contribution in [0, 0.1) is 6.92 Å². The van der Waals surface area contributed by atoms with E-state index in [1.165, 1.54) is 11.3 Å². The zero-order valence-electron chi connectivity index (χ0n) is 14.3. The second kappa shape index (κ2) is 8.45. The number of carbonyl (C=O) groups excluding carboxylic acids is 2. The minimum atomic E-state index is -0.997.